The zero-order chi connectivity index (χ0) is 19.5. The topological polar surface area (TPSA) is 87.3 Å². The summed E-state index contributed by atoms with van der Waals surface area (Å²) in [6.45, 7) is 10.4. The van der Waals surface area contributed by atoms with Crippen LogP contribution in [0.2, 0.25) is 0 Å². The van der Waals surface area contributed by atoms with Crippen LogP contribution < -0.4 is 16.0 Å². The molecule has 3 amide bonds. The Labute approximate surface area is 157 Å². The van der Waals surface area contributed by atoms with Crippen molar-refractivity contribution in [2.75, 3.05) is 6.54 Å². The van der Waals surface area contributed by atoms with Crippen LogP contribution in [-0.2, 0) is 14.4 Å². The van der Waals surface area contributed by atoms with Gasteiger partial charge in [0.2, 0.25) is 17.7 Å². The van der Waals surface area contributed by atoms with E-state index in [1.807, 2.05) is 20.8 Å². The van der Waals surface area contributed by atoms with Crippen LogP contribution in [0.1, 0.15) is 66.7 Å². The van der Waals surface area contributed by atoms with E-state index in [2.05, 4.69) is 29.8 Å². The summed E-state index contributed by atoms with van der Waals surface area (Å²) in [6.07, 6.45) is 4.09. The van der Waals surface area contributed by atoms with Crippen molar-refractivity contribution in [3.63, 3.8) is 0 Å². The average molecular weight is 366 g/mol. The maximum Gasteiger partial charge on any atom is 0.239 e. The minimum atomic E-state index is -0.166. The largest absolute Gasteiger partial charge is 0.353 e. The Bertz CT molecular complexity index is 533. The van der Waals surface area contributed by atoms with Crippen molar-refractivity contribution in [3.05, 3.63) is 0 Å². The smallest absolute Gasteiger partial charge is 0.239 e. The van der Waals surface area contributed by atoms with E-state index in [9.17, 15) is 14.4 Å². The number of rotatable bonds is 8. The predicted octanol–water partition coefficient (Wildman–Crippen LogP) is 1.98. The molecular weight excluding hydrogens is 330 g/mol. The van der Waals surface area contributed by atoms with Crippen LogP contribution in [0.3, 0.4) is 0 Å². The highest BCUT2D eigenvalue weighted by Gasteiger charge is 2.44. The Hall–Kier alpha value is -1.59. The molecule has 0 aliphatic heterocycles. The highest BCUT2D eigenvalue weighted by atomic mass is 16.2. The van der Waals surface area contributed by atoms with Gasteiger partial charge < -0.3 is 16.0 Å². The second-order valence-corrected chi connectivity index (χ2v) is 9.69. The Morgan fingerprint density at radius 2 is 1.58 bits per heavy atom. The van der Waals surface area contributed by atoms with Crippen LogP contribution in [0.25, 0.3) is 0 Å². The highest BCUT2D eigenvalue weighted by Crippen LogP contribution is 2.43. The molecule has 6 heteroatoms. The molecule has 0 spiro atoms. The molecule has 2 fully saturated rings. The van der Waals surface area contributed by atoms with Crippen LogP contribution >= 0.6 is 0 Å². The first-order chi connectivity index (χ1) is 12.0. The molecule has 6 nitrogen and oxygen atoms in total. The molecule has 0 unspecified atom stereocenters. The third-order valence-electron chi connectivity index (χ3n) is 5.02. The van der Waals surface area contributed by atoms with Gasteiger partial charge in [0.05, 0.1) is 6.54 Å². The maximum absolute atomic E-state index is 12.2. The van der Waals surface area contributed by atoms with E-state index >= 15 is 0 Å². The highest BCUT2D eigenvalue weighted by molar-refractivity contribution is 5.85. The fourth-order valence-corrected chi connectivity index (χ4v) is 3.60. The third kappa shape index (κ3) is 6.96. The number of hydrogen-bond acceptors (Lipinski definition) is 3. The number of amides is 3. The van der Waals surface area contributed by atoms with Gasteiger partial charge in [0.1, 0.15) is 0 Å². The number of nitrogens with one attached hydrogen (secondary N) is 3. The number of carbonyl (C=O) groups excluding carboxylic acids is 3. The first-order valence-corrected chi connectivity index (χ1v) is 9.90. The van der Waals surface area contributed by atoms with Crippen molar-refractivity contribution in [3.8, 4) is 0 Å². The van der Waals surface area contributed by atoms with E-state index in [1.165, 1.54) is 0 Å². The van der Waals surface area contributed by atoms with Gasteiger partial charge in [-0.3, -0.25) is 14.4 Å². The van der Waals surface area contributed by atoms with Gasteiger partial charge in [-0.25, -0.2) is 0 Å². The van der Waals surface area contributed by atoms with Crippen LogP contribution in [0.15, 0.2) is 0 Å². The molecule has 2 aliphatic carbocycles. The summed E-state index contributed by atoms with van der Waals surface area (Å²) in [6, 6.07) is 0.265. The van der Waals surface area contributed by atoms with Gasteiger partial charge in [-0.1, -0.05) is 34.6 Å². The van der Waals surface area contributed by atoms with Crippen molar-refractivity contribution in [1.82, 2.24) is 16.0 Å². The lowest BCUT2D eigenvalue weighted by Gasteiger charge is -2.36. The van der Waals surface area contributed by atoms with Gasteiger partial charge in [0.25, 0.3) is 0 Å². The van der Waals surface area contributed by atoms with Crippen molar-refractivity contribution in [1.29, 1.82) is 0 Å². The molecule has 2 rings (SSSR count). The second kappa shape index (κ2) is 8.40. The summed E-state index contributed by atoms with van der Waals surface area (Å²) in [4.78, 5) is 35.8. The zero-order valence-electron chi connectivity index (χ0n) is 16.9. The molecule has 0 bridgehead atoms. The molecule has 0 radical (unpaired) electrons. The van der Waals surface area contributed by atoms with E-state index in [4.69, 9.17) is 0 Å². The SMILES string of the molecule is CC(C)C[C@@H]1C[C@H]1C(=O)NC1CC(NC(=O)CNC(=O)CC(C)(C)C)C1. The van der Waals surface area contributed by atoms with Crippen molar-refractivity contribution in [2.45, 2.75) is 78.8 Å². The van der Waals surface area contributed by atoms with Crippen LogP contribution in [0.5, 0.6) is 0 Å². The number of hydrogen-bond donors (Lipinski definition) is 3. The van der Waals surface area contributed by atoms with E-state index < -0.39 is 0 Å². The van der Waals surface area contributed by atoms with Gasteiger partial charge in [-0.05, 0) is 42.9 Å². The Morgan fingerprint density at radius 3 is 2.15 bits per heavy atom. The van der Waals surface area contributed by atoms with Gasteiger partial charge >= 0.3 is 0 Å². The molecule has 2 atom stereocenters. The second-order valence-electron chi connectivity index (χ2n) is 9.69. The maximum atomic E-state index is 12.2. The quantitative estimate of drug-likeness (QED) is 0.615. The van der Waals surface area contributed by atoms with E-state index in [-0.39, 0.29) is 47.7 Å². The van der Waals surface area contributed by atoms with Gasteiger partial charge in [0.15, 0.2) is 0 Å². The lowest BCUT2D eigenvalue weighted by Crippen LogP contribution is -2.55. The summed E-state index contributed by atoms with van der Waals surface area (Å²) in [5.74, 6) is 1.31. The Balaban J connectivity index is 1.55. The summed E-state index contributed by atoms with van der Waals surface area (Å²) in [5.41, 5.74) is -0.0876. The van der Waals surface area contributed by atoms with Gasteiger partial charge in [-0.2, -0.15) is 0 Å². The van der Waals surface area contributed by atoms with Gasteiger partial charge in [-0.15, -0.1) is 0 Å². The first kappa shape index (κ1) is 20.7. The minimum Gasteiger partial charge on any atom is -0.353 e. The molecule has 26 heavy (non-hydrogen) atoms. The fraction of sp³-hybridized carbons (Fsp3) is 0.850. The molecule has 0 saturated heterocycles. The molecule has 2 saturated carbocycles. The summed E-state index contributed by atoms with van der Waals surface area (Å²) >= 11 is 0. The third-order valence-corrected chi connectivity index (χ3v) is 5.02. The molecule has 0 aromatic carbocycles. The predicted molar refractivity (Wildman–Crippen MR) is 101 cm³/mol. The monoisotopic (exact) mass is 365 g/mol. The summed E-state index contributed by atoms with van der Waals surface area (Å²) < 4.78 is 0. The lowest BCUT2D eigenvalue weighted by molar-refractivity contribution is -0.128. The average Bonchev–Trinajstić information content (AvgIpc) is 3.19. The lowest BCUT2D eigenvalue weighted by atomic mass is 9.86. The first-order valence-electron chi connectivity index (χ1n) is 9.90. The molecule has 0 aromatic rings. The summed E-state index contributed by atoms with van der Waals surface area (Å²) in [7, 11) is 0. The van der Waals surface area contributed by atoms with E-state index in [0.29, 0.717) is 18.3 Å². The fourth-order valence-electron chi connectivity index (χ4n) is 3.60. The molecule has 0 aromatic heterocycles. The van der Waals surface area contributed by atoms with E-state index in [1.54, 1.807) is 0 Å². The van der Waals surface area contributed by atoms with Crippen molar-refractivity contribution in [2.24, 2.45) is 23.2 Å². The summed E-state index contributed by atoms with van der Waals surface area (Å²) in [5, 5.41) is 8.67. The van der Waals surface area contributed by atoms with Crippen LogP contribution in [0.4, 0.5) is 0 Å². The molecule has 2 aliphatic rings. The molecule has 148 valence electrons. The standard InChI is InChI=1S/C20H35N3O3/c1-12(2)6-13-7-16(13)19(26)23-15-8-14(9-15)22-18(25)11-21-17(24)10-20(3,4)5/h12-16H,6-11H2,1-5H3,(H,21,24)(H,22,25)(H,23,26)/t13-,14?,15?,16-/m1/s1. The Morgan fingerprint density at radius 1 is 0.962 bits per heavy atom. The van der Waals surface area contributed by atoms with Crippen molar-refractivity contribution >= 4 is 17.7 Å². The molecular formula is C20H35N3O3. The molecule has 0 heterocycles. The van der Waals surface area contributed by atoms with Gasteiger partial charge in [0, 0.05) is 24.4 Å². The van der Waals surface area contributed by atoms with E-state index in [0.717, 1.165) is 25.7 Å². The van der Waals surface area contributed by atoms with Crippen LogP contribution in [-0.4, -0.2) is 36.3 Å². The molecule has 3 N–H and O–H groups in total. The Kier molecular flexibility index (Phi) is 6.69. The van der Waals surface area contributed by atoms with Crippen molar-refractivity contribution < 1.29 is 14.4 Å². The normalized spacial score (nSPS) is 27.5. The minimum absolute atomic E-state index is 0.0153. The number of carbonyl (C=O) groups is 3. The van der Waals surface area contributed by atoms with Crippen LogP contribution in [0, 0.1) is 23.2 Å². The zero-order valence-corrected chi connectivity index (χ0v) is 16.9.